The number of ether oxygens (including phenoxy) is 1. The SMILES string of the molecule is COc1cc(N)cc(N(CCO)CCO)c1. The maximum atomic E-state index is 8.93. The van der Waals surface area contributed by atoms with Gasteiger partial charge in [0.25, 0.3) is 0 Å². The molecule has 0 atom stereocenters. The highest BCUT2D eigenvalue weighted by molar-refractivity contribution is 5.60. The third kappa shape index (κ3) is 3.29. The van der Waals surface area contributed by atoms with Crippen molar-refractivity contribution in [2.75, 3.05) is 44.0 Å². The monoisotopic (exact) mass is 226 g/mol. The molecule has 1 aromatic carbocycles. The molecule has 0 fully saturated rings. The van der Waals surface area contributed by atoms with E-state index in [0.717, 1.165) is 5.69 Å². The molecule has 16 heavy (non-hydrogen) atoms. The molecule has 0 bridgehead atoms. The lowest BCUT2D eigenvalue weighted by Crippen LogP contribution is -2.29. The molecule has 1 rings (SSSR count). The van der Waals surface area contributed by atoms with Gasteiger partial charge in [0.2, 0.25) is 0 Å². The van der Waals surface area contributed by atoms with Gasteiger partial charge in [-0.25, -0.2) is 0 Å². The normalized spacial score (nSPS) is 10.2. The highest BCUT2D eigenvalue weighted by atomic mass is 16.5. The molecule has 4 N–H and O–H groups in total. The fraction of sp³-hybridized carbons (Fsp3) is 0.455. The van der Waals surface area contributed by atoms with Crippen molar-refractivity contribution >= 4 is 11.4 Å². The number of aliphatic hydroxyl groups excluding tert-OH is 2. The molecule has 0 aliphatic carbocycles. The number of hydrogen-bond donors (Lipinski definition) is 3. The molecular formula is C11H18N2O3. The molecule has 0 spiro atoms. The van der Waals surface area contributed by atoms with Crippen LogP contribution in [0.4, 0.5) is 11.4 Å². The van der Waals surface area contributed by atoms with Gasteiger partial charge >= 0.3 is 0 Å². The Morgan fingerprint density at radius 1 is 1.19 bits per heavy atom. The van der Waals surface area contributed by atoms with Crippen molar-refractivity contribution in [3.63, 3.8) is 0 Å². The fourth-order valence-corrected chi connectivity index (χ4v) is 1.52. The van der Waals surface area contributed by atoms with Crippen molar-refractivity contribution in [2.45, 2.75) is 0 Å². The summed E-state index contributed by atoms with van der Waals surface area (Å²) in [7, 11) is 1.57. The lowest BCUT2D eigenvalue weighted by atomic mass is 10.2. The van der Waals surface area contributed by atoms with Crippen LogP contribution in [0, 0.1) is 0 Å². The molecule has 0 saturated heterocycles. The van der Waals surface area contributed by atoms with E-state index in [2.05, 4.69) is 0 Å². The first-order valence-electron chi connectivity index (χ1n) is 5.12. The van der Waals surface area contributed by atoms with Gasteiger partial charge in [-0.1, -0.05) is 0 Å². The van der Waals surface area contributed by atoms with Crippen molar-refractivity contribution in [1.29, 1.82) is 0 Å². The van der Waals surface area contributed by atoms with Gasteiger partial charge in [0.1, 0.15) is 5.75 Å². The Morgan fingerprint density at radius 3 is 2.31 bits per heavy atom. The van der Waals surface area contributed by atoms with E-state index in [0.29, 0.717) is 24.5 Å². The number of anilines is 2. The molecule has 0 heterocycles. The summed E-state index contributed by atoms with van der Waals surface area (Å²) in [5.41, 5.74) is 7.16. The number of nitrogens with zero attached hydrogens (tertiary/aromatic N) is 1. The summed E-state index contributed by atoms with van der Waals surface area (Å²) >= 11 is 0. The summed E-state index contributed by atoms with van der Waals surface area (Å²) in [6.07, 6.45) is 0. The molecule has 0 amide bonds. The third-order valence-electron chi connectivity index (χ3n) is 2.25. The van der Waals surface area contributed by atoms with Gasteiger partial charge in [0.15, 0.2) is 0 Å². The molecular weight excluding hydrogens is 208 g/mol. The van der Waals surface area contributed by atoms with E-state index >= 15 is 0 Å². The average molecular weight is 226 g/mol. The van der Waals surface area contributed by atoms with Crippen LogP contribution in [-0.4, -0.2) is 43.6 Å². The van der Waals surface area contributed by atoms with Gasteiger partial charge in [-0.3, -0.25) is 0 Å². The van der Waals surface area contributed by atoms with Gasteiger partial charge < -0.3 is 25.6 Å². The second kappa shape index (κ2) is 6.19. The number of nitrogens with two attached hydrogens (primary N) is 1. The minimum Gasteiger partial charge on any atom is -0.497 e. The van der Waals surface area contributed by atoms with E-state index in [4.69, 9.17) is 20.7 Å². The Kier molecular flexibility index (Phi) is 4.88. The fourth-order valence-electron chi connectivity index (χ4n) is 1.52. The molecule has 0 aromatic heterocycles. The second-order valence-corrected chi connectivity index (χ2v) is 3.40. The topological polar surface area (TPSA) is 79.0 Å². The van der Waals surface area contributed by atoms with Gasteiger partial charge in [-0.2, -0.15) is 0 Å². The minimum absolute atomic E-state index is 0.0249. The molecule has 5 heteroatoms. The first kappa shape index (κ1) is 12.6. The first-order valence-corrected chi connectivity index (χ1v) is 5.12. The Morgan fingerprint density at radius 2 is 1.81 bits per heavy atom. The van der Waals surface area contributed by atoms with Crippen LogP contribution in [0.5, 0.6) is 5.75 Å². The minimum atomic E-state index is 0.0249. The molecule has 0 radical (unpaired) electrons. The Balaban J connectivity index is 2.93. The van der Waals surface area contributed by atoms with E-state index in [9.17, 15) is 0 Å². The molecule has 0 unspecified atom stereocenters. The number of methoxy groups -OCH3 is 1. The van der Waals surface area contributed by atoms with Gasteiger partial charge in [0, 0.05) is 36.6 Å². The van der Waals surface area contributed by atoms with E-state index < -0.39 is 0 Å². The summed E-state index contributed by atoms with van der Waals surface area (Å²) in [4.78, 5) is 1.85. The highest BCUT2D eigenvalue weighted by Gasteiger charge is 2.07. The summed E-state index contributed by atoms with van der Waals surface area (Å²) in [5, 5.41) is 17.9. The van der Waals surface area contributed by atoms with E-state index in [-0.39, 0.29) is 13.2 Å². The lowest BCUT2D eigenvalue weighted by Gasteiger charge is -2.23. The van der Waals surface area contributed by atoms with Crippen LogP contribution in [0.25, 0.3) is 0 Å². The highest BCUT2D eigenvalue weighted by Crippen LogP contribution is 2.25. The van der Waals surface area contributed by atoms with Crippen LogP contribution in [0.3, 0.4) is 0 Å². The van der Waals surface area contributed by atoms with Gasteiger partial charge in [-0.05, 0) is 6.07 Å². The predicted octanol–water partition coefficient (Wildman–Crippen LogP) is 0.0684. The summed E-state index contributed by atoms with van der Waals surface area (Å²) in [6.45, 7) is 0.953. The van der Waals surface area contributed by atoms with Crippen molar-refractivity contribution in [2.24, 2.45) is 0 Å². The van der Waals surface area contributed by atoms with E-state index in [1.165, 1.54) is 0 Å². The smallest absolute Gasteiger partial charge is 0.122 e. The van der Waals surface area contributed by atoms with Crippen molar-refractivity contribution in [1.82, 2.24) is 0 Å². The number of aliphatic hydroxyl groups is 2. The van der Waals surface area contributed by atoms with Gasteiger partial charge in [0.05, 0.1) is 20.3 Å². The standard InChI is InChI=1S/C11H18N2O3/c1-16-11-7-9(12)6-10(8-11)13(2-4-14)3-5-15/h6-8,14-15H,2-5,12H2,1H3. The Bertz CT molecular complexity index is 325. The zero-order valence-corrected chi connectivity index (χ0v) is 9.39. The molecule has 1 aromatic rings. The number of hydrogen-bond acceptors (Lipinski definition) is 5. The van der Waals surface area contributed by atoms with Crippen LogP contribution >= 0.6 is 0 Å². The molecule has 0 aliphatic rings. The predicted molar refractivity (Wildman–Crippen MR) is 63.8 cm³/mol. The van der Waals surface area contributed by atoms with Crippen LogP contribution in [0.2, 0.25) is 0 Å². The maximum Gasteiger partial charge on any atom is 0.122 e. The molecule has 0 saturated carbocycles. The lowest BCUT2D eigenvalue weighted by molar-refractivity contribution is 0.281. The zero-order valence-electron chi connectivity index (χ0n) is 9.39. The first-order chi connectivity index (χ1) is 7.71. The van der Waals surface area contributed by atoms with E-state index in [1.54, 1.807) is 19.2 Å². The third-order valence-corrected chi connectivity index (χ3v) is 2.25. The van der Waals surface area contributed by atoms with Crippen molar-refractivity contribution in [3.05, 3.63) is 18.2 Å². The molecule has 90 valence electrons. The maximum absolute atomic E-state index is 8.93. The number of nitrogen functional groups attached to an aromatic ring is 1. The number of benzene rings is 1. The second-order valence-electron chi connectivity index (χ2n) is 3.40. The molecule has 0 aliphatic heterocycles. The van der Waals surface area contributed by atoms with Crippen LogP contribution in [0.15, 0.2) is 18.2 Å². The average Bonchev–Trinajstić information content (AvgIpc) is 2.28. The quantitative estimate of drug-likeness (QED) is 0.598. The van der Waals surface area contributed by atoms with Crippen LogP contribution in [-0.2, 0) is 0 Å². The number of rotatable bonds is 6. The van der Waals surface area contributed by atoms with Crippen molar-refractivity contribution in [3.8, 4) is 5.75 Å². The summed E-state index contributed by atoms with van der Waals surface area (Å²) in [6, 6.07) is 5.33. The Hall–Kier alpha value is -1.46. The van der Waals surface area contributed by atoms with Gasteiger partial charge in [-0.15, -0.1) is 0 Å². The summed E-state index contributed by atoms with van der Waals surface area (Å²) in [5.74, 6) is 0.663. The largest absolute Gasteiger partial charge is 0.497 e. The summed E-state index contributed by atoms with van der Waals surface area (Å²) < 4.78 is 5.11. The zero-order chi connectivity index (χ0) is 12.0. The van der Waals surface area contributed by atoms with Crippen molar-refractivity contribution < 1.29 is 14.9 Å². The van der Waals surface area contributed by atoms with Crippen LogP contribution < -0.4 is 15.4 Å². The van der Waals surface area contributed by atoms with E-state index in [1.807, 2.05) is 11.0 Å². The Labute approximate surface area is 95.1 Å². The van der Waals surface area contributed by atoms with Crippen LogP contribution in [0.1, 0.15) is 0 Å². The molecule has 5 nitrogen and oxygen atoms in total.